The molecule has 0 aliphatic heterocycles. The smallest absolute Gasteiger partial charge is 0.0935 e. The van der Waals surface area contributed by atoms with Crippen LogP contribution in [0.4, 0.5) is 0 Å². The molecule has 0 radical (unpaired) electrons. The lowest BCUT2D eigenvalue weighted by Crippen LogP contribution is -2.23. The van der Waals surface area contributed by atoms with Crippen molar-refractivity contribution in [1.82, 2.24) is 0 Å². The molecular formula is C15H19NO. The fourth-order valence-electron chi connectivity index (χ4n) is 2.03. The molecule has 0 aliphatic carbocycles. The maximum absolute atomic E-state index is 6.11. The summed E-state index contributed by atoms with van der Waals surface area (Å²) in [5, 5.41) is 0. The van der Waals surface area contributed by atoms with Gasteiger partial charge in [0.1, 0.15) is 0 Å². The van der Waals surface area contributed by atoms with Crippen LogP contribution in [0.3, 0.4) is 0 Å². The molecule has 0 amide bonds. The van der Waals surface area contributed by atoms with E-state index in [1.165, 1.54) is 16.7 Å². The van der Waals surface area contributed by atoms with Crippen LogP contribution in [-0.2, 0) is 12.8 Å². The molecule has 0 aliphatic rings. The summed E-state index contributed by atoms with van der Waals surface area (Å²) in [5.74, 6) is 0. The van der Waals surface area contributed by atoms with Crippen molar-refractivity contribution in [2.75, 3.05) is 0 Å². The fraction of sp³-hybridized carbons (Fsp3) is 0.333. The number of benzene rings is 1. The van der Waals surface area contributed by atoms with E-state index in [0.717, 1.165) is 19.3 Å². The zero-order chi connectivity index (χ0) is 12.1. The van der Waals surface area contributed by atoms with E-state index in [1.807, 2.05) is 6.07 Å². The second-order valence-corrected chi connectivity index (χ2v) is 4.62. The third-order valence-corrected chi connectivity index (χ3v) is 2.96. The summed E-state index contributed by atoms with van der Waals surface area (Å²) < 4.78 is 5.04. The molecule has 1 aromatic heterocycles. The fourth-order valence-corrected chi connectivity index (χ4v) is 2.03. The second kappa shape index (κ2) is 5.69. The summed E-state index contributed by atoms with van der Waals surface area (Å²) in [6, 6.07) is 10.8. The second-order valence-electron chi connectivity index (χ2n) is 4.62. The van der Waals surface area contributed by atoms with Crippen molar-refractivity contribution in [2.24, 2.45) is 5.73 Å². The largest absolute Gasteiger partial charge is 0.472 e. The van der Waals surface area contributed by atoms with Crippen LogP contribution in [0.1, 0.15) is 23.1 Å². The molecule has 2 nitrogen and oxygen atoms in total. The Labute approximate surface area is 102 Å². The topological polar surface area (TPSA) is 39.2 Å². The Kier molecular flexibility index (Phi) is 3.99. The first-order valence-electron chi connectivity index (χ1n) is 6.06. The van der Waals surface area contributed by atoms with Crippen molar-refractivity contribution in [2.45, 2.75) is 32.2 Å². The van der Waals surface area contributed by atoms with E-state index >= 15 is 0 Å². The van der Waals surface area contributed by atoms with E-state index in [1.54, 1.807) is 12.5 Å². The summed E-state index contributed by atoms with van der Waals surface area (Å²) >= 11 is 0. The Hall–Kier alpha value is -1.54. The predicted octanol–water partition coefficient (Wildman–Crippen LogP) is 3.09. The first-order valence-corrected chi connectivity index (χ1v) is 6.06. The Morgan fingerprint density at radius 2 is 2.12 bits per heavy atom. The van der Waals surface area contributed by atoms with Crippen LogP contribution in [0.15, 0.2) is 47.3 Å². The Morgan fingerprint density at radius 1 is 1.24 bits per heavy atom. The molecule has 0 spiro atoms. The van der Waals surface area contributed by atoms with Gasteiger partial charge in [0.25, 0.3) is 0 Å². The summed E-state index contributed by atoms with van der Waals surface area (Å²) in [6.07, 6.45) is 6.41. The molecule has 2 heteroatoms. The number of hydrogen-bond acceptors (Lipinski definition) is 2. The molecular weight excluding hydrogens is 210 g/mol. The number of nitrogens with two attached hydrogens (primary N) is 1. The quantitative estimate of drug-likeness (QED) is 0.855. The lowest BCUT2D eigenvalue weighted by Gasteiger charge is -2.10. The van der Waals surface area contributed by atoms with Gasteiger partial charge in [-0.1, -0.05) is 29.8 Å². The average Bonchev–Trinajstić information content (AvgIpc) is 2.79. The third-order valence-electron chi connectivity index (χ3n) is 2.96. The molecule has 0 saturated heterocycles. The van der Waals surface area contributed by atoms with Gasteiger partial charge in [-0.2, -0.15) is 0 Å². The van der Waals surface area contributed by atoms with Crippen molar-refractivity contribution < 1.29 is 4.42 Å². The molecule has 1 aromatic carbocycles. The van der Waals surface area contributed by atoms with E-state index in [4.69, 9.17) is 10.2 Å². The highest BCUT2D eigenvalue weighted by Gasteiger charge is 2.05. The average molecular weight is 229 g/mol. The zero-order valence-electron chi connectivity index (χ0n) is 10.2. The van der Waals surface area contributed by atoms with Crippen LogP contribution in [0, 0.1) is 6.92 Å². The van der Waals surface area contributed by atoms with Crippen molar-refractivity contribution in [3.63, 3.8) is 0 Å². The van der Waals surface area contributed by atoms with Crippen molar-refractivity contribution >= 4 is 0 Å². The summed E-state index contributed by atoms with van der Waals surface area (Å²) in [7, 11) is 0. The third kappa shape index (κ3) is 3.75. The minimum absolute atomic E-state index is 0.202. The van der Waals surface area contributed by atoms with Gasteiger partial charge in [0.15, 0.2) is 0 Å². The van der Waals surface area contributed by atoms with Crippen molar-refractivity contribution in [3.8, 4) is 0 Å². The van der Waals surface area contributed by atoms with Crippen LogP contribution in [0.2, 0.25) is 0 Å². The lowest BCUT2D eigenvalue weighted by molar-refractivity contribution is 0.556. The summed E-state index contributed by atoms with van der Waals surface area (Å²) in [5.41, 5.74) is 9.97. The van der Waals surface area contributed by atoms with Gasteiger partial charge in [-0.25, -0.2) is 0 Å². The van der Waals surface area contributed by atoms with Gasteiger partial charge in [0, 0.05) is 6.04 Å². The van der Waals surface area contributed by atoms with Crippen LogP contribution >= 0.6 is 0 Å². The van der Waals surface area contributed by atoms with Gasteiger partial charge in [-0.15, -0.1) is 0 Å². The summed E-state index contributed by atoms with van der Waals surface area (Å²) in [6.45, 7) is 2.12. The standard InChI is InChI=1S/C15H19NO/c1-12-3-2-4-13(9-12)5-6-15(16)10-14-7-8-17-11-14/h2-4,7-9,11,15H,5-6,10,16H2,1H3. The van der Waals surface area contributed by atoms with Crippen LogP contribution in [-0.4, -0.2) is 6.04 Å². The number of aryl methyl sites for hydroxylation is 2. The normalized spacial score (nSPS) is 12.6. The molecule has 1 heterocycles. The maximum atomic E-state index is 6.11. The number of rotatable bonds is 5. The summed E-state index contributed by atoms with van der Waals surface area (Å²) in [4.78, 5) is 0. The molecule has 1 atom stereocenters. The van der Waals surface area contributed by atoms with E-state index in [2.05, 4.69) is 31.2 Å². The van der Waals surface area contributed by atoms with Gasteiger partial charge in [-0.3, -0.25) is 0 Å². The van der Waals surface area contributed by atoms with E-state index < -0.39 is 0 Å². The van der Waals surface area contributed by atoms with E-state index in [9.17, 15) is 0 Å². The Bertz CT molecular complexity index is 448. The Balaban J connectivity index is 1.82. The molecule has 17 heavy (non-hydrogen) atoms. The first-order chi connectivity index (χ1) is 8.24. The van der Waals surface area contributed by atoms with Crippen molar-refractivity contribution in [3.05, 3.63) is 59.5 Å². The molecule has 2 rings (SSSR count). The molecule has 0 saturated carbocycles. The molecule has 1 unspecified atom stereocenters. The molecule has 0 bridgehead atoms. The molecule has 0 fully saturated rings. The van der Waals surface area contributed by atoms with Gasteiger partial charge in [0.05, 0.1) is 12.5 Å². The monoisotopic (exact) mass is 229 g/mol. The van der Waals surface area contributed by atoms with Gasteiger partial charge >= 0.3 is 0 Å². The van der Waals surface area contributed by atoms with Crippen LogP contribution in [0.25, 0.3) is 0 Å². The lowest BCUT2D eigenvalue weighted by atomic mass is 10.0. The Morgan fingerprint density at radius 3 is 2.82 bits per heavy atom. The van der Waals surface area contributed by atoms with Crippen LogP contribution in [0.5, 0.6) is 0 Å². The number of furan rings is 1. The van der Waals surface area contributed by atoms with Crippen molar-refractivity contribution in [1.29, 1.82) is 0 Å². The number of hydrogen-bond donors (Lipinski definition) is 1. The molecule has 2 aromatic rings. The van der Waals surface area contributed by atoms with Crippen LogP contribution < -0.4 is 5.73 Å². The molecule has 90 valence electrons. The highest BCUT2D eigenvalue weighted by Crippen LogP contribution is 2.10. The SMILES string of the molecule is Cc1cccc(CCC(N)Cc2ccoc2)c1. The minimum Gasteiger partial charge on any atom is -0.472 e. The predicted molar refractivity (Wildman–Crippen MR) is 69.9 cm³/mol. The highest BCUT2D eigenvalue weighted by atomic mass is 16.3. The zero-order valence-corrected chi connectivity index (χ0v) is 10.2. The van der Waals surface area contributed by atoms with E-state index in [0.29, 0.717) is 0 Å². The first kappa shape index (κ1) is 11.9. The van der Waals surface area contributed by atoms with Gasteiger partial charge in [0.2, 0.25) is 0 Å². The molecule has 2 N–H and O–H groups in total. The maximum Gasteiger partial charge on any atom is 0.0935 e. The van der Waals surface area contributed by atoms with Gasteiger partial charge in [-0.05, 0) is 43.4 Å². The minimum atomic E-state index is 0.202. The van der Waals surface area contributed by atoms with Gasteiger partial charge < -0.3 is 10.2 Å². The van der Waals surface area contributed by atoms with E-state index in [-0.39, 0.29) is 6.04 Å². The highest BCUT2D eigenvalue weighted by molar-refractivity contribution is 5.22.